The minimum atomic E-state index is 0.0299. The molecule has 0 bridgehead atoms. The summed E-state index contributed by atoms with van der Waals surface area (Å²) in [5.74, 6) is 0. The molecular formula is C33H27NS. The second-order valence-corrected chi connectivity index (χ2v) is 11.3. The minimum absolute atomic E-state index is 0.0299. The number of rotatable bonds is 3. The summed E-state index contributed by atoms with van der Waals surface area (Å²) in [4.78, 5) is 0. The van der Waals surface area contributed by atoms with Crippen LogP contribution in [-0.2, 0) is 5.41 Å². The Bertz CT molecular complexity index is 1700. The van der Waals surface area contributed by atoms with Crippen LogP contribution in [0.25, 0.3) is 36.9 Å². The molecule has 0 saturated carbocycles. The maximum Gasteiger partial charge on any atom is 0.0385 e. The first-order valence-electron chi connectivity index (χ1n) is 12.4. The monoisotopic (exact) mass is 469 g/mol. The molecule has 0 atom stereocenters. The third-order valence-electron chi connectivity index (χ3n) is 7.79. The van der Waals surface area contributed by atoms with Gasteiger partial charge in [-0.3, -0.25) is 0 Å². The summed E-state index contributed by atoms with van der Waals surface area (Å²) < 4.78 is 2.73. The molecule has 5 aromatic rings. The standard InChI is InChI=1S/C33H27NS/c1-33(2)29-9-5-3-7-25(29)26-17-16-24(20-30(26)33)34-23-14-11-21(12-15-23)22-13-18-32-28(19-22)27-8-4-6-10-31(27)35-32/h3-11,13-14,16-20,34H,12,15H2,1-2H3. The fraction of sp³-hybridized carbons (Fsp3) is 0.152. The van der Waals surface area contributed by atoms with Gasteiger partial charge in [0.1, 0.15) is 0 Å². The highest BCUT2D eigenvalue weighted by molar-refractivity contribution is 7.25. The van der Waals surface area contributed by atoms with E-state index in [0.29, 0.717) is 0 Å². The normalized spacial score (nSPS) is 16.1. The Balaban J connectivity index is 1.17. The van der Waals surface area contributed by atoms with Crippen LogP contribution in [0.4, 0.5) is 5.69 Å². The zero-order chi connectivity index (χ0) is 23.6. The van der Waals surface area contributed by atoms with E-state index in [2.05, 4.69) is 116 Å². The number of hydrogen-bond donors (Lipinski definition) is 1. The van der Waals surface area contributed by atoms with Gasteiger partial charge in [-0.1, -0.05) is 74.5 Å². The molecule has 1 N–H and O–H groups in total. The van der Waals surface area contributed by atoms with Crippen molar-refractivity contribution in [2.75, 3.05) is 5.32 Å². The molecule has 0 radical (unpaired) electrons. The van der Waals surface area contributed by atoms with Crippen molar-refractivity contribution in [2.24, 2.45) is 0 Å². The molecule has 0 unspecified atom stereocenters. The summed E-state index contributed by atoms with van der Waals surface area (Å²) in [6.07, 6.45) is 6.64. The SMILES string of the molecule is CC1(C)c2ccccc2-c2ccc(NC3=CC=C(c4ccc5sc6ccccc6c5c4)CC3)cc21. The largest absolute Gasteiger partial charge is 0.359 e. The lowest BCUT2D eigenvalue weighted by Crippen LogP contribution is -2.15. The molecule has 7 rings (SSSR count). The Morgan fingerprint density at radius 2 is 1.49 bits per heavy atom. The Morgan fingerprint density at radius 3 is 2.37 bits per heavy atom. The van der Waals surface area contributed by atoms with Crippen molar-refractivity contribution >= 4 is 42.8 Å². The van der Waals surface area contributed by atoms with E-state index >= 15 is 0 Å². The zero-order valence-corrected chi connectivity index (χ0v) is 20.9. The van der Waals surface area contributed by atoms with E-state index in [0.717, 1.165) is 12.8 Å². The molecule has 35 heavy (non-hydrogen) atoms. The molecule has 0 spiro atoms. The van der Waals surface area contributed by atoms with Crippen molar-refractivity contribution in [3.8, 4) is 11.1 Å². The number of allylic oxidation sites excluding steroid dienone is 4. The number of benzene rings is 4. The summed E-state index contributed by atoms with van der Waals surface area (Å²) >= 11 is 1.88. The van der Waals surface area contributed by atoms with Gasteiger partial charge in [0.05, 0.1) is 0 Å². The van der Waals surface area contributed by atoms with E-state index < -0.39 is 0 Å². The maximum atomic E-state index is 3.72. The van der Waals surface area contributed by atoms with Gasteiger partial charge in [0.15, 0.2) is 0 Å². The number of nitrogens with one attached hydrogen (secondary N) is 1. The Kier molecular flexibility index (Phi) is 4.56. The maximum absolute atomic E-state index is 3.72. The first-order chi connectivity index (χ1) is 17.1. The van der Waals surface area contributed by atoms with Crippen LogP contribution in [0.1, 0.15) is 43.4 Å². The molecule has 2 aliphatic carbocycles. The summed E-state index contributed by atoms with van der Waals surface area (Å²) in [7, 11) is 0. The molecule has 0 fully saturated rings. The van der Waals surface area contributed by atoms with E-state index in [4.69, 9.17) is 0 Å². The molecule has 2 aliphatic rings. The van der Waals surface area contributed by atoms with Gasteiger partial charge in [-0.05, 0) is 82.6 Å². The van der Waals surface area contributed by atoms with Crippen molar-refractivity contribution in [1.82, 2.24) is 0 Å². The third kappa shape index (κ3) is 3.28. The van der Waals surface area contributed by atoms with Crippen LogP contribution in [0.2, 0.25) is 0 Å². The predicted octanol–water partition coefficient (Wildman–Crippen LogP) is 9.53. The molecule has 0 saturated heterocycles. The van der Waals surface area contributed by atoms with E-state index in [1.807, 2.05) is 11.3 Å². The molecule has 0 aliphatic heterocycles. The lowest BCUT2D eigenvalue weighted by atomic mass is 9.82. The summed E-state index contributed by atoms with van der Waals surface area (Å²) in [5.41, 5.74) is 10.8. The van der Waals surface area contributed by atoms with Crippen LogP contribution in [0.5, 0.6) is 0 Å². The predicted molar refractivity (Wildman–Crippen MR) is 152 cm³/mol. The minimum Gasteiger partial charge on any atom is -0.359 e. The zero-order valence-electron chi connectivity index (χ0n) is 20.1. The second kappa shape index (κ2) is 7.69. The van der Waals surface area contributed by atoms with E-state index in [9.17, 15) is 0 Å². The van der Waals surface area contributed by atoms with Crippen molar-refractivity contribution in [3.05, 3.63) is 119 Å². The van der Waals surface area contributed by atoms with Crippen LogP contribution in [0, 0.1) is 0 Å². The van der Waals surface area contributed by atoms with Crippen LogP contribution in [0.3, 0.4) is 0 Å². The van der Waals surface area contributed by atoms with Crippen molar-refractivity contribution < 1.29 is 0 Å². The van der Waals surface area contributed by atoms with Crippen LogP contribution in [0.15, 0.2) is 103 Å². The Labute approximate surface area is 210 Å². The molecular weight excluding hydrogens is 442 g/mol. The first kappa shape index (κ1) is 20.7. The fourth-order valence-corrected chi connectivity index (χ4v) is 6.96. The van der Waals surface area contributed by atoms with Gasteiger partial charge < -0.3 is 5.32 Å². The Morgan fingerprint density at radius 1 is 0.686 bits per heavy atom. The van der Waals surface area contributed by atoms with Gasteiger partial charge in [-0.2, -0.15) is 0 Å². The number of anilines is 1. The Hall–Kier alpha value is -3.62. The number of thiophene rings is 1. The van der Waals surface area contributed by atoms with Crippen LogP contribution in [-0.4, -0.2) is 0 Å². The molecule has 170 valence electrons. The summed E-state index contributed by atoms with van der Waals surface area (Å²) in [6, 6.07) is 31.4. The molecule has 1 heterocycles. The average molecular weight is 470 g/mol. The molecule has 1 aromatic heterocycles. The summed E-state index contributed by atoms with van der Waals surface area (Å²) in [5, 5.41) is 6.45. The molecule has 0 amide bonds. The van der Waals surface area contributed by atoms with E-state index in [1.165, 1.54) is 64.9 Å². The number of hydrogen-bond acceptors (Lipinski definition) is 2. The lowest BCUT2D eigenvalue weighted by molar-refractivity contribution is 0.660. The number of fused-ring (bicyclic) bond motifs is 6. The van der Waals surface area contributed by atoms with Gasteiger partial charge >= 0.3 is 0 Å². The van der Waals surface area contributed by atoms with Crippen LogP contribution < -0.4 is 5.32 Å². The quantitative estimate of drug-likeness (QED) is 0.277. The summed E-state index contributed by atoms with van der Waals surface area (Å²) in [6.45, 7) is 4.67. The van der Waals surface area contributed by atoms with Gasteiger partial charge in [0, 0.05) is 37.0 Å². The highest BCUT2D eigenvalue weighted by Gasteiger charge is 2.35. The second-order valence-electron chi connectivity index (χ2n) is 10.2. The van der Waals surface area contributed by atoms with E-state index in [1.54, 1.807) is 0 Å². The molecule has 1 nitrogen and oxygen atoms in total. The average Bonchev–Trinajstić information content (AvgIpc) is 3.37. The van der Waals surface area contributed by atoms with E-state index in [-0.39, 0.29) is 5.41 Å². The highest BCUT2D eigenvalue weighted by Crippen LogP contribution is 2.49. The fourth-order valence-electron chi connectivity index (χ4n) is 5.88. The van der Waals surface area contributed by atoms with Gasteiger partial charge in [0.25, 0.3) is 0 Å². The topological polar surface area (TPSA) is 12.0 Å². The van der Waals surface area contributed by atoms with Crippen molar-refractivity contribution in [2.45, 2.75) is 32.1 Å². The molecule has 2 heteroatoms. The van der Waals surface area contributed by atoms with Gasteiger partial charge in [-0.15, -0.1) is 11.3 Å². The highest BCUT2D eigenvalue weighted by atomic mass is 32.1. The van der Waals surface area contributed by atoms with Gasteiger partial charge in [-0.25, -0.2) is 0 Å². The van der Waals surface area contributed by atoms with Crippen molar-refractivity contribution in [1.29, 1.82) is 0 Å². The van der Waals surface area contributed by atoms with Crippen molar-refractivity contribution in [3.63, 3.8) is 0 Å². The lowest BCUT2D eigenvalue weighted by Gasteiger charge is -2.23. The smallest absolute Gasteiger partial charge is 0.0385 e. The molecule has 4 aromatic carbocycles. The first-order valence-corrected chi connectivity index (χ1v) is 13.2. The van der Waals surface area contributed by atoms with Gasteiger partial charge in [0.2, 0.25) is 0 Å². The third-order valence-corrected chi connectivity index (χ3v) is 8.94. The van der Waals surface area contributed by atoms with Crippen LogP contribution >= 0.6 is 11.3 Å².